The number of aromatic nitrogens is 1. The minimum absolute atomic E-state index is 0.200. The Kier molecular flexibility index (Phi) is 2.49. The molecule has 1 saturated heterocycles. The number of nitrogens with zero attached hydrogens (tertiary/aromatic N) is 1. The van der Waals surface area contributed by atoms with Gasteiger partial charge in [-0.25, -0.2) is 4.98 Å². The van der Waals surface area contributed by atoms with Crippen LogP contribution in [0.4, 0.5) is 0 Å². The summed E-state index contributed by atoms with van der Waals surface area (Å²) >= 11 is 0. The Bertz CT molecular complexity index is 329. The van der Waals surface area contributed by atoms with Gasteiger partial charge < -0.3 is 14.9 Å². The fourth-order valence-electron chi connectivity index (χ4n) is 1.53. The summed E-state index contributed by atoms with van der Waals surface area (Å²) in [7, 11) is 0. The molecule has 1 fully saturated rings. The molecule has 2 N–H and O–H groups in total. The lowest BCUT2D eigenvalue weighted by atomic mass is 10.0. The number of primary amides is 1. The number of amides is 1. The van der Waals surface area contributed by atoms with Crippen molar-refractivity contribution in [2.45, 2.75) is 18.8 Å². The molecule has 0 aliphatic carbocycles. The monoisotopic (exact) mass is 196 g/mol. The molecule has 0 spiro atoms. The van der Waals surface area contributed by atoms with Crippen molar-refractivity contribution >= 4 is 5.91 Å². The van der Waals surface area contributed by atoms with Crippen LogP contribution in [0, 0.1) is 0 Å². The molecule has 2 heterocycles. The third-order valence-corrected chi connectivity index (χ3v) is 2.34. The predicted molar refractivity (Wildman–Crippen MR) is 47.8 cm³/mol. The first kappa shape index (κ1) is 9.21. The molecule has 14 heavy (non-hydrogen) atoms. The molecule has 0 saturated carbocycles. The first-order valence-corrected chi connectivity index (χ1v) is 4.60. The summed E-state index contributed by atoms with van der Waals surface area (Å²) in [5, 5.41) is 0. The van der Waals surface area contributed by atoms with Crippen molar-refractivity contribution in [3.8, 4) is 0 Å². The van der Waals surface area contributed by atoms with Crippen LogP contribution in [0.3, 0.4) is 0 Å². The van der Waals surface area contributed by atoms with Gasteiger partial charge in [-0.1, -0.05) is 0 Å². The third-order valence-electron chi connectivity index (χ3n) is 2.34. The highest BCUT2D eigenvalue weighted by atomic mass is 16.5. The average molecular weight is 196 g/mol. The van der Waals surface area contributed by atoms with E-state index in [0.29, 0.717) is 5.89 Å². The maximum absolute atomic E-state index is 10.8. The molecule has 0 aromatic carbocycles. The number of ether oxygens (including phenoxy) is 1. The molecule has 1 aliphatic heterocycles. The maximum atomic E-state index is 10.8. The summed E-state index contributed by atoms with van der Waals surface area (Å²) in [6.07, 6.45) is 3.09. The Labute approximate surface area is 81.2 Å². The largest absolute Gasteiger partial charge is 0.448 e. The summed E-state index contributed by atoms with van der Waals surface area (Å²) in [6.45, 7) is 1.44. The number of oxazole rings is 1. The Hall–Kier alpha value is -1.36. The lowest BCUT2D eigenvalue weighted by Gasteiger charge is -2.18. The number of hydrogen-bond acceptors (Lipinski definition) is 4. The number of nitrogens with two attached hydrogens (primary N) is 1. The van der Waals surface area contributed by atoms with Gasteiger partial charge in [-0.2, -0.15) is 0 Å². The summed E-state index contributed by atoms with van der Waals surface area (Å²) in [4.78, 5) is 14.8. The number of carbonyl (C=O) groups is 1. The van der Waals surface area contributed by atoms with E-state index in [4.69, 9.17) is 14.9 Å². The van der Waals surface area contributed by atoms with Gasteiger partial charge in [0, 0.05) is 19.1 Å². The summed E-state index contributed by atoms with van der Waals surface area (Å²) in [5.41, 5.74) is 5.27. The van der Waals surface area contributed by atoms with Crippen molar-refractivity contribution in [2.24, 2.45) is 5.73 Å². The van der Waals surface area contributed by atoms with E-state index in [0.717, 1.165) is 26.1 Å². The highest BCUT2D eigenvalue weighted by Gasteiger charge is 2.21. The number of carbonyl (C=O) groups excluding carboxylic acids is 1. The fourth-order valence-corrected chi connectivity index (χ4v) is 1.53. The second-order valence-electron chi connectivity index (χ2n) is 3.32. The van der Waals surface area contributed by atoms with E-state index in [1.807, 2.05) is 0 Å². The molecule has 1 aromatic heterocycles. The Balaban J connectivity index is 2.11. The first-order chi connectivity index (χ1) is 6.77. The zero-order chi connectivity index (χ0) is 9.97. The standard InChI is InChI=1S/C9H12N2O3/c10-8(12)7-5-14-9(11-7)6-1-3-13-4-2-6/h5-6H,1-4H2,(H2,10,12). The number of hydrogen-bond donors (Lipinski definition) is 1. The van der Waals surface area contributed by atoms with Gasteiger partial charge in [0.15, 0.2) is 11.6 Å². The molecule has 76 valence electrons. The molecule has 2 rings (SSSR count). The highest BCUT2D eigenvalue weighted by molar-refractivity contribution is 5.90. The van der Waals surface area contributed by atoms with Crippen LogP contribution in [0.1, 0.15) is 35.1 Å². The van der Waals surface area contributed by atoms with E-state index in [9.17, 15) is 4.79 Å². The van der Waals surface area contributed by atoms with Gasteiger partial charge in [0.1, 0.15) is 6.26 Å². The van der Waals surface area contributed by atoms with Gasteiger partial charge in [0.2, 0.25) is 0 Å². The van der Waals surface area contributed by atoms with Gasteiger partial charge in [-0.05, 0) is 12.8 Å². The fraction of sp³-hybridized carbons (Fsp3) is 0.556. The first-order valence-electron chi connectivity index (χ1n) is 4.60. The minimum Gasteiger partial charge on any atom is -0.448 e. The van der Waals surface area contributed by atoms with E-state index in [1.54, 1.807) is 0 Å². The topological polar surface area (TPSA) is 78.4 Å². The Morgan fingerprint density at radius 2 is 2.21 bits per heavy atom. The molecule has 1 aliphatic rings. The van der Waals surface area contributed by atoms with Crippen LogP contribution in [0.5, 0.6) is 0 Å². The maximum Gasteiger partial charge on any atom is 0.270 e. The van der Waals surface area contributed by atoms with Crippen molar-refractivity contribution in [1.29, 1.82) is 0 Å². The van der Waals surface area contributed by atoms with Crippen LogP contribution in [-0.2, 0) is 4.74 Å². The lowest BCUT2D eigenvalue weighted by molar-refractivity contribution is 0.0794. The SMILES string of the molecule is NC(=O)c1coc(C2CCOCC2)n1. The number of rotatable bonds is 2. The summed E-state index contributed by atoms with van der Waals surface area (Å²) in [6, 6.07) is 0. The smallest absolute Gasteiger partial charge is 0.270 e. The molecule has 0 unspecified atom stereocenters. The Morgan fingerprint density at radius 3 is 2.79 bits per heavy atom. The van der Waals surface area contributed by atoms with E-state index in [1.165, 1.54) is 6.26 Å². The van der Waals surface area contributed by atoms with Crippen molar-refractivity contribution in [3.63, 3.8) is 0 Å². The summed E-state index contributed by atoms with van der Waals surface area (Å²) in [5.74, 6) is 0.311. The molecule has 5 heteroatoms. The Morgan fingerprint density at radius 1 is 1.50 bits per heavy atom. The van der Waals surface area contributed by atoms with Crippen LogP contribution in [0.2, 0.25) is 0 Å². The molecule has 1 amide bonds. The van der Waals surface area contributed by atoms with E-state index in [2.05, 4.69) is 4.98 Å². The molecular formula is C9H12N2O3. The zero-order valence-electron chi connectivity index (χ0n) is 7.73. The van der Waals surface area contributed by atoms with Crippen molar-refractivity contribution in [1.82, 2.24) is 4.98 Å². The molecule has 0 bridgehead atoms. The minimum atomic E-state index is -0.549. The van der Waals surface area contributed by atoms with Gasteiger partial charge in [-0.15, -0.1) is 0 Å². The van der Waals surface area contributed by atoms with Crippen LogP contribution in [0.15, 0.2) is 10.7 Å². The van der Waals surface area contributed by atoms with Crippen molar-refractivity contribution < 1.29 is 13.9 Å². The predicted octanol–water partition coefficient (Wildman–Crippen LogP) is 0.667. The quantitative estimate of drug-likeness (QED) is 0.753. The second kappa shape index (κ2) is 3.79. The van der Waals surface area contributed by atoms with Crippen molar-refractivity contribution in [3.05, 3.63) is 17.8 Å². The van der Waals surface area contributed by atoms with Crippen LogP contribution < -0.4 is 5.73 Å². The normalized spacial score (nSPS) is 18.3. The second-order valence-corrected chi connectivity index (χ2v) is 3.32. The van der Waals surface area contributed by atoms with Gasteiger partial charge >= 0.3 is 0 Å². The third kappa shape index (κ3) is 1.77. The molecule has 0 atom stereocenters. The van der Waals surface area contributed by atoms with Crippen LogP contribution in [0.25, 0.3) is 0 Å². The van der Waals surface area contributed by atoms with Gasteiger partial charge in [-0.3, -0.25) is 4.79 Å². The highest BCUT2D eigenvalue weighted by Crippen LogP contribution is 2.25. The van der Waals surface area contributed by atoms with E-state index < -0.39 is 5.91 Å². The zero-order valence-corrected chi connectivity index (χ0v) is 7.73. The average Bonchev–Trinajstić information content (AvgIpc) is 2.68. The molecular weight excluding hydrogens is 184 g/mol. The van der Waals surface area contributed by atoms with E-state index in [-0.39, 0.29) is 11.6 Å². The van der Waals surface area contributed by atoms with E-state index >= 15 is 0 Å². The summed E-state index contributed by atoms with van der Waals surface area (Å²) < 4.78 is 10.4. The van der Waals surface area contributed by atoms with Crippen LogP contribution in [-0.4, -0.2) is 24.1 Å². The molecule has 0 radical (unpaired) electrons. The molecule has 5 nitrogen and oxygen atoms in total. The van der Waals surface area contributed by atoms with Crippen molar-refractivity contribution in [2.75, 3.05) is 13.2 Å². The van der Waals surface area contributed by atoms with Gasteiger partial charge in [0.05, 0.1) is 0 Å². The van der Waals surface area contributed by atoms with Gasteiger partial charge in [0.25, 0.3) is 5.91 Å². The molecule has 1 aromatic rings. The van der Waals surface area contributed by atoms with Crippen LogP contribution >= 0.6 is 0 Å². The lowest BCUT2D eigenvalue weighted by Crippen LogP contribution is -2.15.